The van der Waals surface area contributed by atoms with Crippen molar-refractivity contribution in [3.8, 4) is 0 Å². The molecule has 5 nitrogen and oxygen atoms in total. The maximum Gasteiger partial charge on any atom is 0.338 e. The quantitative estimate of drug-likeness (QED) is 0.810. The van der Waals surface area contributed by atoms with Crippen LogP contribution in [0.25, 0.3) is 0 Å². The molecule has 0 heterocycles. The summed E-state index contributed by atoms with van der Waals surface area (Å²) in [5.74, 6) is -0.665. The topological polar surface area (TPSA) is 64.6 Å². The lowest BCUT2D eigenvalue weighted by atomic mass is 10.1. The van der Waals surface area contributed by atoms with Gasteiger partial charge in [-0.05, 0) is 31.5 Å². The van der Waals surface area contributed by atoms with E-state index in [2.05, 4.69) is 5.32 Å². The summed E-state index contributed by atoms with van der Waals surface area (Å²) in [7, 11) is 1.45. The summed E-state index contributed by atoms with van der Waals surface area (Å²) in [5.41, 5.74) is 1.87. The van der Waals surface area contributed by atoms with Crippen molar-refractivity contribution in [1.29, 1.82) is 0 Å². The lowest BCUT2D eigenvalue weighted by molar-refractivity contribution is -0.119. The van der Waals surface area contributed by atoms with Gasteiger partial charge < -0.3 is 14.8 Å². The van der Waals surface area contributed by atoms with Crippen molar-refractivity contribution < 1.29 is 19.1 Å². The van der Waals surface area contributed by atoms with E-state index in [-0.39, 0.29) is 12.5 Å². The van der Waals surface area contributed by atoms with E-state index in [0.29, 0.717) is 17.9 Å². The van der Waals surface area contributed by atoms with Gasteiger partial charge in [0.15, 0.2) is 0 Å². The van der Waals surface area contributed by atoms with Crippen molar-refractivity contribution in [2.45, 2.75) is 13.8 Å². The minimum Gasteiger partial charge on any atom is -0.462 e. The minimum atomic E-state index is -0.403. The normalized spacial score (nSPS) is 9.94. The Morgan fingerprint density at radius 2 is 2.06 bits per heavy atom. The van der Waals surface area contributed by atoms with Crippen LogP contribution in [0.5, 0.6) is 0 Å². The fourth-order valence-corrected chi connectivity index (χ4v) is 1.42. The summed E-state index contributed by atoms with van der Waals surface area (Å²) in [6.07, 6.45) is 0. The molecule has 0 aliphatic carbocycles. The summed E-state index contributed by atoms with van der Waals surface area (Å²) in [6.45, 7) is 3.88. The molecule has 0 aliphatic rings. The highest BCUT2D eigenvalue weighted by Gasteiger charge is 2.10. The number of ether oxygens (including phenoxy) is 2. The highest BCUT2D eigenvalue weighted by molar-refractivity contribution is 5.95. The Morgan fingerprint density at radius 3 is 2.67 bits per heavy atom. The number of aryl methyl sites for hydroxylation is 1. The predicted molar refractivity (Wildman–Crippen MR) is 67.6 cm³/mol. The lowest BCUT2D eigenvalue weighted by Crippen LogP contribution is -2.18. The van der Waals surface area contributed by atoms with Crippen LogP contribution in [-0.2, 0) is 14.3 Å². The number of amides is 1. The highest BCUT2D eigenvalue weighted by Crippen LogP contribution is 2.17. The van der Waals surface area contributed by atoms with Gasteiger partial charge in [-0.1, -0.05) is 6.07 Å². The maximum absolute atomic E-state index is 11.6. The first-order valence-corrected chi connectivity index (χ1v) is 5.65. The molecule has 1 aromatic rings. The molecule has 0 saturated heterocycles. The van der Waals surface area contributed by atoms with Crippen molar-refractivity contribution >= 4 is 17.6 Å². The molecule has 0 unspecified atom stereocenters. The molecule has 0 atom stereocenters. The second-order valence-corrected chi connectivity index (χ2v) is 3.73. The first kappa shape index (κ1) is 14.2. The summed E-state index contributed by atoms with van der Waals surface area (Å²) in [5, 5.41) is 2.68. The third-order valence-corrected chi connectivity index (χ3v) is 2.30. The average Bonchev–Trinajstić information content (AvgIpc) is 2.32. The molecule has 1 N–H and O–H groups in total. The predicted octanol–water partition coefficient (Wildman–Crippen LogP) is 1.76. The Bertz CT molecular complexity index is 443. The van der Waals surface area contributed by atoms with Gasteiger partial charge in [-0.2, -0.15) is 0 Å². The maximum atomic E-state index is 11.6. The molecule has 1 rings (SSSR count). The Labute approximate surface area is 106 Å². The van der Waals surface area contributed by atoms with E-state index in [0.717, 1.165) is 5.56 Å². The van der Waals surface area contributed by atoms with Crippen molar-refractivity contribution in [3.05, 3.63) is 29.3 Å². The zero-order valence-electron chi connectivity index (χ0n) is 10.8. The van der Waals surface area contributed by atoms with Crippen molar-refractivity contribution in [2.75, 3.05) is 25.6 Å². The van der Waals surface area contributed by atoms with Gasteiger partial charge >= 0.3 is 5.97 Å². The number of anilines is 1. The first-order chi connectivity index (χ1) is 8.58. The number of carbonyl (C=O) groups is 2. The zero-order valence-corrected chi connectivity index (χ0v) is 10.8. The number of nitrogens with one attached hydrogen (secondary N) is 1. The van der Waals surface area contributed by atoms with Crippen LogP contribution in [0, 0.1) is 6.92 Å². The fraction of sp³-hybridized carbons (Fsp3) is 0.385. The molecule has 0 aromatic heterocycles. The Morgan fingerprint density at radius 1 is 1.33 bits per heavy atom. The minimum absolute atomic E-state index is 0.0247. The van der Waals surface area contributed by atoms with Gasteiger partial charge in [0.1, 0.15) is 6.61 Å². The lowest BCUT2D eigenvalue weighted by Gasteiger charge is -2.10. The van der Waals surface area contributed by atoms with Gasteiger partial charge in [0.2, 0.25) is 5.91 Å². The number of carbonyl (C=O) groups excluding carboxylic acids is 2. The van der Waals surface area contributed by atoms with E-state index in [1.807, 2.05) is 6.92 Å². The molecule has 0 radical (unpaired) electrons. The van der Waals surface area contributed by atoms with Crippen LogP contribution in [-0.4, -0.2) is 32.2 Å². The van der Waals surface area contributed by atoms with Crippen molar-refractivity contribution in [3.63, 3.8) is 0 Å². The van der Waals surface area contributed by atoms with E-state index >= 15 is 0 Å². The fourth-order valence-electron chi connectivity index (χ4n) is 1.42. The summed E-state index contributed by atoms with van der Waals surface area (Å²) in [6, 6.07) is 5.02. The molecule has 1 aromatic carbocycles. The van der Waals surface area contributed by atoms with E-state index in [1.165, 1.54) is 7.11 Å². The van der Waals surface area contributed by atoms with Gasteiger partial charge in [0, 0.05) is 12.8 Å². The monoisotopic (exact) mass is 251 g/mol. The Hall–Kier alpha value is -1.88. The number of hydrogen-bond donors (Lipinski definition) is 1. The third kappa shape index (κ3) is 3.85. The molecule has 98 valence electrons. The number of benzene rings is 1. The molecule has 5 heteroatoms. The summed E-state index contributed by atoms with van der Waals surface area (Å²) < 4.78 is 9.63. The van der Waals surface area contributed by atoms with Crippen LogP contribution in [0.2, 0.25) is 0 Å². The average molecular weight is 251 g/mol. The first-order valence-electron chi connectivity index (χ1n) is 5.65. The second-order valence-electron chi connectivity index (χ2n) is 3.73. The van der Waals surface area contributed by atoms with Crippen LogP contribution < -0.4 is 5.32 Å². The van der Waals surface area contributed by atoms with E-state index < -0.39 is 5.97 Å². The second kappa shape index (κ2) is 6.76. The van der Waals surface area contributed by atoms with E-state index in [1.54, 1.807) is 25.1 Å². The molecule has 0 fully saturated rings. The van der Waals surface area contributed by atoms with Crippen molar-refractivity contribution in [1.82, 2.24) is 0 Å². The SMILES string of the molecule is CCOC(=O)c1ccc(C)c(NC(=O)COC)c1. The molecular weight excluding hydrogens is 234 g/mol. The van der Waals surface area contributed by atoms with Gasteiger partial charge in [0.05, 0.1) is 12.2 Å². The number of rotatable bonds is 5. The molecule has 0 aliphatic heterocycles. The summed E-state index contributed by atoms with van der Waals surface area (Å²) >= 11 is 0. The summed E-state index contributed by atoms with van der Waals surface area (Å²) in [4.78, 5) is 23.0. The van der Waals surface area contributed by atoms with Crippen LogP contribution in [0.4, 0.5) is 5.69 Å². The molecule has 1 amide bonds. The van der Waals surface area contributed by atoms with Crippen LogP contribution in [0.15, 0.2) is 18.2 Å². The largest absolute Gasteiger partial charge is 0.462 e. The molecule has 18 heavy (non-hydrogen) atoms. The molecule has 0 spiro atoms. The highest BCUT2D eigenvalue weighted by atomic mass is 16.5. The van der Waals surface area contributed by atoms with Gasteiger partial charge in [-0.3, -0.25) is 4.79 Å². The smallest absolute Gasteiger partial charge is 0.338 e. The molecule has 0 saturated carbocycles. The Balaban J connectivity index is 2.87. The molecule has 0 bridgehead atoms. The number of hydrogen-bond acceptors (Lipinski definition) is 4. The van der Waals surface area contributed by atoms with E-state index in [4.69, 9.17) is 9.47 Å². The number of methoxy groups -OCH3 is 1. The van der Waals surface area contributed by atoms with Crippen LogP contribution in [0.3, 0.4) is 0 Å². The van der Waals surface area contributed by atoms with Crippen LogP contribution >= 0.6 is 0 Å². The zero-order chi connectivity index (χ0) is 13.5. The molecular formula is C13H17NO4. The van der Waals surface area contributed by atoms with Crippen molar-refractivity contribution in [2.24, 2.45) is 0 Å². The Kier molecular flexibility index (Phi) is 5.32. The van der Waals surface area contributed by atoms with E-state index in [9.17, 15) is 9.59 Å². The van der Waals surface area contributed by atoms with Gasteiger partial charge in [0.25, 0.3) is 0 Å². The van der Waals surface area contributed by atoms with Gasteiger partial charge in [-0.25, -0.2) is 4.79 Å². The van der Waals surface area contributed by atoms with Crippen LogP contribution in [0.1, 0.15) is 22.8 Å². The number of esters is 1. The standard InChI is InChI=1S/C13H17NO4/c1-4-18-13(16)10-6-5-9(2)11(7-10)14-12(15)8-17-3/h5-7H,4,8H2,1-3H3,(H,14,15). The third-order valence-electron chi connectivity index (χ3n) is 2.30. The van der Waals surface area contributed by atoms with Gasteiger partial charge in [-0.15, -0.1) is 0 Å².